The number of Topliss-reactive ketones (excluding diaryl/α,β-unsaturated/α-hetero) is 3. The lowest BCUT2D eigenvalue weighted by molar-refractivity contribution is -0.146. The molecular weight excluding hydrogens is 248 g/mol. The van der Waals surface area contributed by atoms with Gasteiger partial charge in [-0.3, -0.25) is 14.4 Å². The lowest BCUT2D eigenvalue weighted by Crippen LogP contribution is -2.46. The second kappa shape index (κ2) is 5.16. The van der Waals surface area contributed by atoms with Crippen LogP contribution < -0.4 is 0 Å². The van der Waals surface area contributed by atoms with E-state index in [1.807, 2.05) is 18.7 Å². The number of hydrogen-bond donors (Lipinski definition) is 0. The van der Waals surface area contributed by atoms with Gasteiger partial charge in [-0.05, 0) is 23.5 Å². The molecule has 1 saturated heterocycles. The van der Waals surface area contributed by atoms with E-state index in [1.165, 1.54) is 0 Å². The Bertz CT molecular complexity index is 371. The monoisotopic (exact) mass is 268 g/mol. The molecule has 18 heavy (non-hydrogen) atoms. The standard InChI is InChI=1S/C14H20O3S/c1-3-4-10(15)13-11(16)5-14(6-12(13)17)8-18-7-9(14)2/h9,13H,3-8H2,1-2H3. The van der Waals surface area contributed by atoms with Crippen LogP contribution in [0.2, 0.25) is 0 Å². The van der Waals surface area contributed by atoms with Crippen molar-refractivity contribution in [1.82, 2.24) is 0 Å². The maximum Gasteiger partial charge on any atom is 0.151 e. The van der Waals surface area contributed by atoms with Crippen LogP contribution in [-0.2, 0) is 14.4 Å². The highest BCUT2D eigenvalue weighted by Crippen LogP contribution is 2.49. The molecule has 1 unspecified atom stereocenters. The molecule has 100 valence electrons. The first kappa shape index (κ1) is 13.8. The van der Waals surface area contributed by atoms with Gasteiger partial charge in [-0.25, -0.2) is 0 Å². The molecule has 0 aromatic rings. The minimum atomic E-state index is -0.937. The lowest BCUT2D eigenvalue weighted by atomic mass is 9.64. The number of hydrogen-bond acceptors (Lipinski definition) is 4. The topological polar surface area (TPSA) is 51.2 Å². The van der Waals surface area contributed by atoms with Gasteiger partial charge in [0.2, 0.25) is 0 Å². The van der Waals surface area contributed by atoms with Crippen molar-refractivity contribution in [2.75, 3.05) is 11.5 Å². The van der Waals surface area contributed by atoms with E-state index in [2.05, 4.69) is 6.92 Å². The van der Waals surface area contributed by atoms with Crippen LogP contribution in [0.15, 0.2) is 0 Å². The summed E-state index contributed by atoms with van der Waals surface area (Å²) >= 11 is 1.82. The van der Waals surface area contributed by atoms with Gasteiger partial charge >= 0.3 is 0 Å². The van der Waals surface area contributed by atoms with Crippen LogP contribution in [0.1, 0.15) is 39.5 Å². The summed E-state index contributed by atoms with van der Waals surface area (Å²) in [6, 6.07) is 0. The van der Waals surface area contributed by atoms with Gasteiger partial charge in [-0.15, -0.1) is 0 Å². The molecule has 2 fully saturated rings. The summed E-state index contributed by atoms with van der Waals surface area (Å²) in [5, 5.41) is 0. The van der Waals surface area contributed by atoms with Crippen LogP contribution >= 0.6 is 11.8 Å². The Balaban J connectivity index is 2.16. The summed E-state index contributed by atoms with van der Waals surface area (Å²) in [4.78, 5) is 36.2. The molecule has 1 aliphatic heterocycles. The zero-order chi connectivity index (χ0) is 13.3. The van der Waals surface area contributed by atoms with Crippen LogP contribution in [-0.4, -0.2) is 28.9 Å². The molecule has 1 heterocycles. The summed E-state index contributed by atoms with van der Waals surface area (Å²) < 4.78 is 0. The molecule has 0 aromatic heterocycles. The second-order valence-electron chi connectivity index (χ2n) is 5.71. The van der Waals surface area contributed by atoms with E-state index < -0.39 is 5.92 Å². The van der Waals surface area contributed by atoms with Crippen LogP contribution in [0.4, 0.5) is 0 Å². The van der Waals surface area contributed by atoms with Gasteiger partial charge in [0, 0.05) is 25.0 Å². The number of ketones is 3. The van der Waals surface area contributed by atoms with Crippen molar-refractivity contribution in [2.24, 2.45) is 17.3 Å². The Hall–Kier alpha value is -0.640. The number of thioether (sulfide) groups is 1. The minimum absolute atomic E-state index is 0.126. The molecule has 2 rings (SSSR count). The summed E-state index contributed by atoms with van der Waals surface area (Å²) in [5.74, 6) is 0.957. The maximum absolute atomic E-state index is 12.2. The van der Waals surface area contributed by atoms with Gasteiger partial charge in [-0.1, -0.05) is 13.8 Å². The van der Waals surface area contributed by atoms with Crippen molar-refractivity contribution >= 4 is 29.1 Å². The molecule has 1 aliphatic carbocycles. The molecule has 2 aliphatic rings. The van der Waals surface area contributed by atoms with E-state index in [9.17, 15) is 14.4 Å². The summed E-state index contributed by atoms with van der Waals surface area (Å²) in [5.41, 5.74) is -0.151. The van der Waals surface area contributed by atoms with Gasteiger partial charge in [0.25, 0.3) is 0 Å². The Kier molecular flexibility index (Phi) is 3.95. The van der Waals surface area contributed by atoms with Gasteiger partial charge in [0.1, 0.15) is 5.92 Å². The predicted octanol–water partition coefficient (Wildman–Crippen LogP) is 2.27. The molecule has 0 radical (unpaired) electrons. The van der Waals surface area contributed by atoms with E-state index in [1.54, 1.807) is 0 Å². The molecule has 1 spiro atoms. The molecule has 0 N–H and O–H groups in total. The summed E-state index contributed by atoms with van der Waals surface area (Å²) in [6.07, 6.45) is 1.90. The highest BCUT2D eigenvalue weighted by Gasteiger charge is 2.51. The third kappa shape index (κ3) is 2.27. The van der Waals surface area contributed by atoms with Crippen LogP contribution in [0.5, 0.6) is 0 Å². The molecule has 3 nitrogen and oxygen atoms in total. The Morgan fingerprint density at radius 2 is 1.94 bits per heavy atom. The lowest BCUT2D eigenvalue weighted by Gasteiger charge is -2.37. The Labute approximate surface area is 112 Å². The molecule has 4 heteroatoms. The van der Waals surface area contributed by atoms with E-state index in [4.69, 9.17) is 0 Å². The van der Waals surface area contributed by atoms with E-state index >= 15 is 0 Å². The van der Waals surface area contributed by atoms with Crippen molar-refractivity contribution in [3.05, 3.63) is 0 Å². The fourth-order valence-electron chi connectivity index (χ4n) is 3.10. The van der Waals surface area contributed by atoms with E-state index in [0.717, 1.165) is 11.5 Å². The smallest absolute Gasteiger partial charge is 0.151 e. The van der Waals surface area contributed by atoms with Crippen molar-refractivity contribution in [2.45, 2.75) is 39.5 Å². The Morgan fingerprint density at radius 3 is 2.39 bits per heavy atom. The maximum atomic E-state index is 12.2. The van der Waals surface area contributed by atoms with E-state index in [-0.39, 0.29) is 22.8 Å². The molecule has 1 saturated carbocycles. The summed E-state index contributed by atoms with van der Waals surface area (Å²) in [7, 11) is 0. The van der Waals surface area contributed by atoms with E-state index in [0.29, 0.717) is 31.6 Å². The quantitative estimate of drug-likeness (QED) is 0.737. The number of rotatable bonds is 3. The van der Waals surface area contributed by atoms with Gasteiger partial charge in [0.05, 0.1) is 0 Å². The largest absolute Gasteiger partial charge is 0.298 e. The highest BCUT2D eigenvalue weighted by molar-refractivity contribution is 7.99. The van der Waals surface area contributed by atoms with Crippen molar-refractivity contribution in [3.8, 4) is 0 Å². The molecule has 0 amide bonds. The van der Waals surface area contributed by atoms with Crippen LogP contribution in [0.3, 0.4) is 0 Å². The second-order valence-corrected chi connectivity index (χ2v) is 6.74. The fraction of sp³-hybridized carbons (Fsp3) is 0.786. The normalized spacial score (nSPS) is 36.3. The minimum Gasteiger partial charge on any atom is -0.298 e. The number of carbonyl (C=O) groups is 3. The van der Waals surface area contributed by atoms with Crippen molar-refractivity contribution in [1.29, 1.82) is 0 Å². The molecule has 1 atom stereocenters. The van der Waals surface area contributed by atoms with Gasteiger partial charge in [0.15, 0.2) is 17.3 Å². The van der Waals surface area contributed by atoms with Crippen LogP contribution in [0.25, 0.3) is 0 Å². The SMILES string of the molecule is CCCC(=O)C1C(=O)CC2(CSCC2C)CC1=O. The molecule has 0 bridgehead atoms. The van der Waals surface area contributed by atoms with Gasteiger partial charge < -0.3 is 0 Å². The first-order valence-corrected chi connectivity index (χ1v) is 7.81. The van der Waals surface area contributed by atoms with Crippen molar-refractivity contribution in [3.63, 3.8) is 0 Å². The first-order chi connectivity index (χ1) is 8.50. The molecular formula is C14H20O3S. The predicted molar refractivity (Wildman–Crippen MR) is 71.6 cm³/mol. The zero-order valence-electron chi connectivity index (χ0n) is 11.0. The number of carbonyl (C=O) groups excluding carboxylic acids is 3. The first-order valence-electron chi connectivity index (χ1n) is 6.66. The van der Waals surface area contributed by atoms with Crippen molar-refractivity contribution < 1.29 is 14.4 Å². The zero-order valence-corrected chi connectivity index (χ0v) is 11.8. The third-order valence-electron chi connectivity index (χ3n) is 4.32. The van der Waals surface area contributed by atoms with Crippen LogP contribution in [0, 0.1) is 17.3 Å². The fourth-order valence-corrected chi connectivity index (χ4v) is 4.82. The average molecular weight is 268 g/mol. The average Bonchev–Trinajstić information content (AvgIpc) is 2.59. The third-order valence-corrected chi connectivity index (χ3v) is 5.83. The molecule has 0 aromatic carbocycles. The van der Waals surface area contributed by atoms with Gasteiger partial charge in [-0.2, -0.15) is 11.8 Å². The highest BCUT2D eigenvalue weighted by atomic mass is 32.2. The Morgan fingerprint density at radius 1 is 1.33 bits per heavy atom. The summed E-state index contributed by atoms with van der Waals surface area (Å²) in [6.45, 7) is 4.02.